The number of carbonyl (C=O) groups excluding carboxylic acids is 1. The summed E-state index contributed by atoms with van der Waals surface area (Å²) in [6.07, 6.45) is 2.50. The van der Waals surface area contributed by atoms with Gasteiger partial charge in [-0.05, 0) is 20.6 Å². The zero-order valence-electron chi connectivity index (χ0n) is 16.5. The van der Waals surface area contributed by atoms with Crippen molar-refractivity contribution < 1.29 is 9.53 Å². The molecule has 0 aliphatic heterocycles. The molecule has 0 atom stereocenters. The first-order chi connectivity index (χ1) is 9.92. The molecule has 0 aliphatic carbocycles. The predicted octanol–water partition coefficient (Wildman–Crippen LogP) is 3.90. The minimum Gasteiger partial charge on any atom is -0.468 e. The van der Waals surface area contributed by atoms with Gasteiger partial charge in [-0.15, -0.1) is 0 Å². The van der Waals surface area contributed by atoms with Gasteiger partial charge in [0.15, 0.2) is 0 Å². The Morgan fingerprint density at radius 1 is 0.905 bits per heavy atom. The van der Waals surface area contributed by atoms with Gasteiger partial charge < -0.3 is 9.64 Å². The molecule has 21 heavy (non-hydrogen) atoms. The van der Waals surface area contributed by atoms with E-state index in [0.717, 1.165) is 19.6 Å². The van der Waals surface area contributed by atoms with Crippen LogP contribution in [0.4, 0.5) is 0 Å². The summed E-state index contributed by atoms with van der Waals surface area (Å²) in [5.74, 6) is -0.166. The topological polar surface area (TPSA) is 32.8 Å². The van der Waals surface area contributed by atoms with Crippen LogP contribution in [-0.2, 0) is 9.53 Å². The Morgan fingerprint density at radius 3 is 1.52 bits per heavy atom. The second kappa shape index (κ2) is 27.7. The maximum absolute atomic E-state index is 10.9. The van der Waals surface area contributed by atoms with Gasteiger partial charge in [0.25, 0.3) is 0 Å². The van der Waals surface area contributed by atoms with Crippen molar-refractivity contribution in [2.45, 2.75) is 61.3 Å². The average Bonchev–Trinajstić information content (AvgIpc) is 2.46. The van der Waals surface area contributed by atoms with Gasteiger partial charge >= 0.3 is 5.97 Å². The summed E-state index contributed by atoms with van der Waals surface area (Å²) in [5.41, 5.74) is 0. The predicted molar refractivity (Wildman–Crippen MR) is 96.0 cm³/mol. The molecule has 0 amide bonds. The lowest BCUT2D eigenvalue weighted by molar-refractivity contribution is -0.141. The van der Waals surface area contributed by atoms with E-state index in [9.17, 15) is 4.79 Å². The molecule has 0 aromatic rings. The molecular formula is C17H42N2O2. The van der Waals surface area contributed by atoms with E-state index in [1.165, 1.54) is 20.0 Å². The van der Waals surface area contributed by atoms with Crippen LogP contribution in [0.25, 0.3) is 0 Å². The van der Waals surface area contributed by atoms with E-state index in [4.69, 9.17) is 0 Å². The van der Waals surface area contributed by atoms with Gasteiger partial charge in [-0.25, -0.2) is 0 Å². The summed E-state index contributed by atoms with van der Waals surface area (Å²) in [7, 11) is 5.46. The van der Waals surface area contributed by atoms with Gasteiger partial charge in [0, 0.05) is 13.1 Å². The molecule has 0 bridgehead atoms. The highest BCUT2D eigenvalue weighted by Crippen LogP contribution is 1.89. The highest BCUT2D eigenvalue weighted by atomic mass is 16.5. The second-order valence-electron chi connectivity index (χ2n) is 4.66. The van der Waals surface area contributed by atoms with E-state index in [-0.39, 0.29) is 5.97 Å². The van der Waals surface area contributed by atoms with Gasteiger partial charge in [0.1, 0.15) is 0 Å². The van der Waals surface area contributed by atoms with Crippen molar-refractivity contribution in [1.82, 2.24) is 9.80 Å². The minimum atomic E-state index is -0.166. The summed E-state index contributed by atoms with van der Waals surface area (Å²) >= 11 is 0. The lowest BCUT2D eigenvalue weighted by atomic mass is 10.4. The number of rotatable bonds is 6. The lowest BCUT2D eigenvalue weighted by Gasteiger charge is -2.20. The fourth-order valence-corrected chi connectivity index (χ4v) is 0.938. The van der Waals surface area contributed by atoms with Crippen molar-refractivity contribution in [1.29, 1.82) is 0 Å². The fraction of sp³-hybridized carbons (Fsp3) is 0.941. The summed E-state index contributed by atoms with van der Waals surface area (Å²) in [5, 5.41) is 0. The van der Waals surface area contributed by atoms with Crippen molar-refractivity contribution in [2.24, 2.45) is 0 Å². The van der Waals surface area contributed by atoms with Crippen LogP contribution in [0.15, 0.2) is 0 Å². The van der Waals surface area contributed by atoms with Crippen LogP contribution in [-0.4, -0.2) is 63.2 Å². The Morgan fingerprint density at radius 2 is 1.29 bits per heavy atom. The van der Waals surface area contributed by atoms with Crippen molar-refractivity contribution in [3.63, 3.8) is 0 Å². The van der Waals surface area contributed by atoms with Crippen LogP contribution in [0.2, 0.25) is 0 Å². The van der Waals surface area contributed by atoms with E-state index in [1.54, 1.807) is 0 Å². The number of nitrogens with zero attached hydrogens (tertiary/aromatic N) is 2. The summed E-state index contributed by atoms with van der Waals surface area (Å²) < 4.78 is 4.60. The van der Waals surface area contributed by atoms with Crippen LogP contribution in [0.3, 0.4) is 0 Å². The van der Waals surface area contributed by atoms with Gasteiger partial charge in [-0.1, -0.05) is 61.3 Å². The Bertz CT molecular complexity index is 172. The number of ether oxygens (including phenoxy) is 1. The van der Waals surface area contributed by atoms with Crippen LogP contribution in [0.5, 0.6) is 0 Å². The van der Waals surface area contributed by atoms with Crippen molar-refractivity contribution in [3.05, 3.63) is 0 Å². The molecule has 0 aliphatic rings. The number of likely N-dealkylation sites (N-methyl/N-ethyl adjacent to an activating group) is 2. The Hall–Kier alpha value is -0.610. The van der Waals surface area contributed by atoms with Crippen LogP contribution >= 0.6 is 0 Å². The Kier molecular flexibility index (Phi) is 37.6. The number of methoxy groups -OCH3 is 1. The van der Waals surface area contributed by atoms with E-state index in [2.05, 4.69) is 42.2 Å². The maximum Gasteiger partial charge on any atom is 0.319 e. The molecule has 0 N–H and O–H groups in total. The summed E-state index contributed by atoms with van der Waals surface area (Å²) in [4.78, 5) is 15.1. The van der Waals surface area contributed by atoms with Gasteiger partial charge in [-0.3, -0.25) is 9.69 Å². The van der Waals surface area contributed by atoms with Crippen molar-refractivity contribution in [3.8, 4) is 0 Å². The standard InChI is InChI=1S/C9H20N2O2.2C3H8.C2H6/c1-5-11(7-6-10(2)3)8-9(12)13-4;2*1-3-2;1-2/h5-8H2,1-4H3;2*3H2,1-2H3;1-2H3. The SMILES string of the molecule is CC.CCC.CCC.CCN(CCN(C)C)CC(=O)OC. The van der Waals surface area contributed by atoms with Crippen LogP contribution in [0, 0.1) is 0 Å². The molecule has 0 aromatic carbocycles. The second-order valence-corrected chi connectivity index (χ2v) is 4.66. The lowest BCUT2D eigenvalue weighted by Crippen LogP contribution is -2.35. The fourth-order valence-electron chi connectivity index (χ4n) is 0.938. The third kappa shape index (κ3) is 38.2. The van der Waals surface area contributed by atoms with Crippen LogP contribution < -0.4 is 0 Å². The molecular weight excluding hydrogens is 264 g/mol. The minimum absolute atomic E-state index is 0.166. The van der Waals surface area contributed by atoms with Gasteiger partial charge in [0.2, 0.25) is 0 Å². The number of esters is 1. The molecule has 132 valence electrons. The molecule has 0 saturated carbocycles. The number of carbonyl (C=O) groups is 1. The summed E-state index contributed by atoms with van der Waals surface area (Å²) in [6, 6.07) is 0. The normalized spacial score (nSPS) is 8.76. The first kappa shape index (κ1) is 28.5. The molecule has 0 rings (SSSR count). The molecule has 0 aromatic heterocycles. The third-order valence-corrected chi connectivity index (χ3v) is 1.89. The van der Waals surface area contributed by atoms with E-state index in [1.807, 2.05) is 34.9 Å². The molecule has 4 heteroatoms. The molecule has 0 unspecified atom stereocenters. The first-order valence-corrected chi connectivity index (χ1v) is 8.36. The summed E-state index contributed by atoms with van der Waals surface area (Å²) in [6.45, 7) is 17.7. The first-order valence-electron chi connectivity index (χ1n) is 8.36. The highest BCUT2D eigenvalue weighted by molar-refractivity contribution is 5.71. The zero-order valence-corrected chi connectivity index (χ0v) is 16.5. The quantitative estimate of drug-likeness (QED) is 0.697. The molecule has 0 fully saturated rings. The average molecular weight is 307 g/mol. The van der Waals surface area contributed by atoms with Crippen LogP contribution in [0.1, 0.15) is 61.3 Å². The van der Waals surface area contributed by atoms with E-state index in [0.29, 0.717) is 6.54 Å². The van der Waals surface area contributed by atoms with Gasteiger partial charge in [0.05, 0.1) is 13.7 Å². The largest absolute Gasteiger partial charge is 0.468 e. The molecule has 0 radical (unpaired) electrons. The molecule has 0 saturated heterocycles. The van der Waals surface area contributed by atoms with Gasteiger partial charge in [-0.2, -0.15) is 0 Å². The number of hydrogen-bond acceptors (Lipinski definition) is 4. The van der Waals surface area contributed by atoms with E-state index >= 15 is 0 Å². The molecule has 4 nitrogen and oxygen atoms in total. The molecule has 0 spiro atoms. The zero-order chi connectivity index (χ0) is 17.7. The maximum atomic E-state index is 10.9. The smallest absolute Gasteiger partial charge is 0.319 e. The highest BCUT2D eigenvalue weighted by Gasteiger charge is 2.08. The Labute approximate surface area is 134 Å². The molecule has 0 heterocycles. The monoisotopic (exact) mass is 306 g/mol. The number of hydrogen-bond donors (Lipinski definition) is 0. The Balaban J connectivity index is -0.000000151. The van der Waals surface area contributed by atoms with Crippen molar-refractivity contribution >= 4 is 5.97 Å². The van der Waals surface area contributed by atoms with Crippen molar-refractivity contribution in [2.75, 3.05) is 47.4 Å². The third-order valence-electron chi connectivity index (χ3n) is 1.89. The van der Waals surface area contributed by atoms with E-state index < -0.39 is 0 Å².